The van der Waals surface area contributed by atoms with Gasteiger partial charge in [0.1, 0.15) is 5.75 Å². The van der Waals surface area contributed by atoms with Gasteiger partial charge in [-0.25, -0.2) is 0 Å². The highest BCUT2D eigenvalue weighted by molar-refractivity contribution is 5.60. The van der Waals surface area contributed by atoms with E-state index in [2.05, 4.69) is 46.8 Å². The molecule has 0 radical (unpaired) electrons. The van der Waals surface area contributed by atoms with Crippen LogP contribution in [-0.4, -0.2) is 6.10 Å². The Bertz CT molecular complexity index is 971. The zero-order valence-corrected chi connectivity index (χ0v) is 24.3. The molecule has 1 aromatic rings. The first-order valence-corrected chi connectivity index (χ1v) is 15.7. The minimum absolute atomic E-state index is 0.242. The summed E-state index contributed by atoms with van der Waals surface area (Å²) in [7, 11) is 0. The molecule has 4 aliphatic carbocycles. The number of fused-ring (bicyclic) bond motifs is 5. The van der Waals surface area contributed by atoms with E-state index in [0.29, 0.717) is 28.1 Å². The molecule has 0 aliphatic heterocycles. The van der Waals surface area contributed by atoms with E-state index in [0.717, 1.165) is 54.1 Å². The van der Waals surface area contributed by atoms with Gasteiger partial charge in [0.2, 0.25) is 0 Å². The molecule has 9 atom stereocenters. The van der Waals surface area contributed by atoms with Crippen LogP contribution in [0.3, 0.4) is 0 Å². The number of nitrogen functional groups attached to an aromatic ring is 2. The summed E-state index contributed by atoms with van der Waals surface area (Å²) < 4.78 is 6.45. The van der Waals surface area contributed by atoms with Crippen molar-refractivity contribution in [3.05, 3.63) is 30.4 Å². The summed E-state index contributed by atoms with van der Waals surface area (Å²) in [6.45, 7) is 12.5. The quantitative estimate of drug-likeness (QED) is 0.273. The van der Waals surface area contributed by atoms with Crippen LogP contribution in [0.2, 0.25) is 0 Å². The van der Waals surface area contributed by atoms with Crippen LogP contribution in [0.25, 0.3) is 0 Å². The van der Waals surface area contributed by atoms with Crippen molar-refractivity contribution in [1.82, 2.24) is 0 Å². The van der Waals surface area contributed by atoms with Crippen LogP contribution in [0.1, 0.15) is 105 Å². The van der Waals surface area contributed by atoms with Crippen LogP contribution in [0.4, 0.5) is 11.4 Å². The largest absolute Gasteiger partial charge is 0.488 e. The van der Waals surface area contributed by atoms with Crippen molar-refractivity contribution in [2.75, 3.05) is 11.5 Å². The number of anilines is 2. The van der Waals surface area contributed by atoms with E-state index in [-0.39, 0.29) is 6.10 Å². The van der Waals surface area contributed by atoms with Crippen molar-refractivity contribution in [2.24, 2.45) is 52.3 Å². The van der Waals surface area contributed by atoms with Gasteiger partial charge in [0.05, 0.1) is 11.8 Å². The normalized spacial score (nSPS) is 39.6. The lowest BCUT2D eigenvalue weighted by atomic mass is 9.45. The zero-order valence-electron chi connectivity index (χ0n) is 24.3. The smallest absolute Gasteiger partial charge is 0.142 e. The first-order chi connectivity index (χ1) is 17.7. The number of hydrogen-bond acceptors (Lipinski definition) is 3. The predicted molar refractivity (Wildman–Crippen MR) is 157 cm³/mol. The fraction of sp³-hybridized carbons (Fsp3) is 0.765. The Labute approximate surface area is 227 Å². The van der Waals surface area contributed by atoms with Crippen LogP contribution in [0.15, 0.2) is 30.4 Å². The van der Waals surface area contributed by atoms with Crippen molar-refractivity contribution in [3.63, 3.8) is 0 Å². The van der Waals surface area contributed by atoms with E-state index < -0.39 is 0 Å². The number of benzene rings is 1. The van der Waals surface area contributed by atoms with Gasteiger partial charge in [-0.1, -0.05) is 66.0 Å². The van der Waals surface area contributed by atoms with E-state index in [1.54, 1.807) is 0 Å². The molecule has 9 unspecified atom stereocenters. The first kappa shape index (κ1) is 26.9. The standard InChI is InChI=1S/C34H54N2O/c1-6-34-19-17-29-27(30(34)14-13-28(34)23(4)9-7-8-22(2)3)12-10-24-20-26(16-18-33(24,29)5)37-32-15-11-25(35)21-31(32)36/h10-12,15,21-24,26-30H,6-9,13-14,16-20,35-36H2,1-5H3. The van der Waals surface area contributed by atoms with Crippen LogP contribution in [-0.2, 0) is 0 Å². The Kier molecular flexibility index (Phi) is 7.64. The summed E-state index contributed by atoms with van der Waals surface area (Å²) in [5.41, 5.74) is 14.5. The van der Waals surface area contributed by atoms with E-state index in [1.807, 2.05) is 18.2 Å². The second kappa shape index (κ2) is 10.5. The minimum Gasteiger partial charge on any atom is -0.488 e. The van der Waals surface area contributed by atoms with Gasteiger partial charge in [-0.2, -0.15) is 0 Å². The molecule has 0 saturated heterocycles. The predicted octanol–water partition coefficient (Wildman–Crippen LogP) is 8.89. The number of rotatable bonds is 8. The summed E-state index contributed by atoms with van der Waals surface area (Å²) in [5.74, 6) is 6.58. The molecule has 0 aromatic heterocycles. The summed E-state index contributed by atoms with van der Waals surface area (Å²) in [5, 5.41) is 0. The van der Waals surface area contributed by atoms with E-state index in [1.165, 1.54) is 57.8 Å². The average Bonchev–Trinajstić information content (AvgIpc) is 3.26. The van der Waals surface area contributed by atoms with Crippen molar-refractivity contribution < 1.29 is 4.74 Å². The molecule has 5 rings (SSSR count). The highest BCUT2D eigenvalue weighted by Gasteiger charge is 2.60. The maximum absolute atomic E-state index is 6.45. The molecular formula is C34H54N2O. The van der Waals surface area contributed by atoms with Crippen molar-refractivity contribution in [1.29, 1.82) is 0 Å². The maximum Gasteiger partial charge on any atom is 0.142 e. The van der Waals surface area contributed by atoms with E-state index >= 15 is 0 Å². The summed E-state index contributed by atoms with van der Waals surface area (Å²) in [6, 6.07) is 5.65. The Morgan fingerprint density at radius 1 is 0.973 bits per heavy atom. The third-order valence-corrected chi connectivity index (χ3v) is 12.0. The summed E-state index contributed by atoms with van der Waals surface area (Å²) in [4.78, 5) is 0. The SMILES string of the molecule is CCC12CCC3C(C=CC4CC(Oc5ccc(N)cc5N)CCC43C)C1CCC2C(C)CCCC(C)C. The molecule has 206 valence electrons. The van der Waals surface area contributed by atoms with Crippen molar-refractivity contribution >= 4 is 11.4 Å². The molecule has 37 heavy (non-hydrogen) atoms. The maximum atomic E-state index is 6.45. The van der Waals surface area contributed by atoms with Crippen LogP contribution in [0, 0.1) is 52.3 Å². The molecule has 4 N–H and O–H groups in total. The highest BCUT2D eigenvalue weighted by Crippen LogP contribution is 2.68. The third kappa shape index (κ3) is 4.82. The van der Waals surface area contributed by atoms with Gasteiger partial charge in [0.15, 0.2) is 0 Å². The molecule has 0 bridgehead atoms. The number of allylic oxidation sites excluding steroid dienone is 2. The van der Waals surface area contributed by atoms with Gasteiger partial charge in [-0.3, -0.25) is 0 Å². The van der Waals surface area contributed by atoms with Crippen molar-refractivity contribution in [3.8, 4) is 5.75 Å². The molecule has 3 nitrogen and oxygen atoms in total. The molecule has 3 saturated carbocycles. The second-order valence-corrected chi connectivity index (χ2v) is 14.2. The van der Waals surface area contributed by atoms with E-state index in [4.69, 9.17) is 16.2 Å². The molecule has 3 fully saturated rings. The lowest BCUT2D eigenvalue weighted by molar-refractivity contribution is -0.0857. The minimum atomic E-state index is 0.242. The molecule has 4 aliphatic rings. The molecule has 0 amide bonds. The fourth-order valence-corrected chi connectivity index (χ4v) is 10.0. The first-order valence-electron chi connectivity index (χ1n) is 15.7. The Balaban J connectivity index is 1.30. The Morgan fingerprint density at radius 3 is 2.51 bits per heavy atom. The van der Waals surface area contributed by atoms with E-state index in [9.17, 15) is 0 Å². The van der Waals surface area contributed by atoms with Gasteiger partial charge in [-0.15, -0.1) is 0 Å². The molecular weight excluding hydrogens is 452 g/mol. The van der Waals surface area contributed by atoms with Crippen LogP contribution < -0.4 is 16.2 Å². The monoisotopic (exact) mass is 506 g/mol. The van der Waals surface area contributed by atoms with Crippen LogP contribution in [0.5, 0.6) is 5.75 Å². The van der Waals surface area contributed by atoms with Gasteiger partial charge >= 0.3 is 0 Å². The Hall–Kier alpha value is -1.64. The lowest BCUT2D eigenvalue weighted by Crippen LogP contribution is -2.53. The third-order valence-electron chi connectivity index (χ3n) is 12.0. The average molecular weight is 507 g/mol. The molecule has 3 heteroatoms. The van der Waals surface area contributed by atoms with Crippen LogP contribution >= 0.6 is 0 Å². The second-order valence-electron chi connectivity index (χ2n) is 14.2. The highest BCUT2D eigenvalue weighted by atomic mass is 16.5. The van der Waals surface area contributed by atoms with Crippen molar-refractivity contribution in [2.45, 2.75) is 111 Å². The van der Waals surface area contributed by atoms with Gasteiger partial charge in [0.25, 0.3) is 0 Å². The topological polar surface area (TPSA) is 61.3 Å². The summed E-state index contributed by atoms with van der Waals surface area (Å²) >= 11 is 0. The zero-order chi connectivity index (χ0) is 26.4. The molecule has 0 spiro atoms. The summed E-state index contributed by atoms with van der Waals surface area (Å²) in [6.07, 6.45) is 20.5. The number of ether oxygens (including phenoxy) is 1. The number of hydrogen-bond donors (Lipinski definition) is 2. The van der Waals surface area contributed by atoms with Gasteiger partial charge < -0.3 is 16.2 Å². The fourth-order valence-electron chi connectivity index (χ4n) is 10.0. The lowest BCUT2D eigenvalue weighted by Gasteiger charge is -2.60. The van der Waals surface area contributed by atoms with Gasteiger partial charge in [-0.05, 0) is 122 Å². The van der Waals surface area contributed by atoms with Gasteiger partial charge in [0, 0.05) is 5.69 Å². The number of nitrogens with two attached hydrogens (primary N) is 2. The Morgan fingerprint density at radius 2 is 1.78 bits per heavy atom. The molecule has 0 heterocycles. The molecule has 1 aromatic carbocycles.